The van der Waals surface area contributed by atoms with Crippen molar-refractivity contribution in [3.05, 3.63) is 82.7 Å². The summed E-state index contributed by atoms with van der Waals surface area (Å²) in [5, 5.41) is 55.4. The second-order valence-corrected chi connectivity index (χ2v) is 18.4. The summed E-state index contributed by atoms with van der Waals surface area (Å²) in [6.07, 6.45) is -2.77. The number of benzene rings is 3. The molecule has 4 amide bonds. The molecule has 0 radical (unpaired) electrons. The lowest BCUT2D eigenvalue weighted by Crippen LogP contribution is -2.57. The van der Waals surface area contributed by atoms with Crippen molar-refractivity contribution in [2.75, 3.05) is 39.9 Å². The highest BCUT2D eigenvalue weighted by atomic mass is 32.2. The molecule has 24 nitrogen and oxygen atoms in total. The van der Waals surface area contributed by atoms with E-state index in [1.807, 2.05) is 18.6 Å². The highest BCUT2D eigenvalue weighted by Crippen LogP contribution is 2.45. The molecule has 14 N–H and O–H groups in total. The number of aliphatic hydroxyl groups is 2. The number of carbonyl (C=O) groups excluding carboxylic acids is 4. The Morgan fingerprint density at radius 2 is 1.49 bits per heavy atom. The molecule has 1 aliphatic rings. The average molecular weight is 1010 g/mol. The van der Waals surface area contributed by atoms with E-state index >= 15 is 0 Å². The number of amides is 4. The van der Waals surface area contributed by atoms with Gasteiger partial charge in [-0.2, -0.15) is 13.1 Å². The number of hydrogen-bond acceptors (Lipinski definition) is 17. The van der Waals surface area contributed by atoms with Gasteiger partial charge in [0.25, 0.3) is 16.1 Å². The molecule has 0 fully saturated rings. The van der Waals surface area contributed by atoms with Crippen molar-refractivity contribution in [1.29, 1.82) is 0 Å². The van der Waals surface area contributed by atoms with E-state index < -0.39 is 95.1 Å². The van der Waals surface area contributed by atoms with Gasteiger partial charge in [0.15, 0.2) is 17.3 Å². The number of rotatable bonds is 19. The Bertz CT molecular complexity index is 2700. The monoisotopic (exact) mass is 1010 g/mol. The number of phenols is 1. The summed E-state index contributed by atoms with van der Waals surface area (Å²) in [4.78, 5) is 79.7. The Balaban J connectivity index is 1.66. The van der Waals surface area contributed by atoms with Crippen LogP contribution in [0.25, 0.3) is 22.5 Å². The number of aryl methyl sites for hydroxylation is 2. The van der Waals surface area contributed by atoms with Crippen molar-refractivity contribution in [2.24, 2.45) is 16.6 Å². The maximum Gasteiger partial charge on any atom is 0.326 e. The molecule has 384 valence electrons. The number of phenolic OH excluding ortho intramolecular Hbond substituents is 1. The van der Waals surface area contributed by atoms with Gasteiger partial charge in [0.1, 0.15) is 61.1 Å². The lowest BCUT2D eigenvalue weighted by Gasteiger charge is -2.33. The van der Waals surface area contributed by atoms with Gasteiger partial charge in [0.2, 0.25) is 17.7 Å². The number of carbonyl (C=O) groups is 5. The number of nitrogens with zero attached hydrogens (tertiary/aromatic N) is 3. The molecule has 1 aliphatic heterocycles. The van der Waals surface area contributed by atoms with Crippen LogP contribution < -0.4 is 51.5 Å². The van der Waals surface area contributed by atoms with Gasteiger partial charge in [-0.25, -0.2) is 19.9 Å². The summed E-state index contributed by atoms with van der Waals surface area (Å²) in [5.74, 6) is -5.52. The maximum absolute atomic E-state index is 14.9. The molecule has 6 atom stereocenters. The molecule has 0 saturated carbocycles. The molecule has 0 spiro atoms. The van der Waals surface area contributed by atoms with Crippen molar-refractivity contribution >= 4 is 39.8 Å². The van der Waals surface area contributed by atoms with Crippen LogP contribution in [0.3, 0.4) is 0 Å². The number of carboxylic acids is 1. The molecule has 2 heterocycles. The molecule has 1 unspecified atom stereocenters. The van der Waals surface area contributed by atoms with Crippen LogP contribution in [-0.2, 0) is 35.8 Å². The van der Waals surface area contributed by atoms with Gasteiger partial charge in [0, 0.05) is 49.8 Å². The molecule has 25 heteroatoms. The van der Waals surface area contributed by atoms with E-state index in [2.05, 4.69) is 25.9 Å². The predicted molar refractivity (Wildman–Crippen MR) is 256 cm³/mol. The second kappa shape index (κ2) is 23.7. The minimum atomic E-state index is -4.52. The molecule has 5 rings (SSSR count). The number of nitrogens with one attached hydrogen (secondary N) is 4. The van der Waals surface area contributed by atoms with Gasteiger partial charge in [-0.3, -0.25) is 19.2 Å². The summed E-state index contributed by atoms with van der Waals surface area (Å²) < 4.78 is 44.0. The van der Waals surface area contributed by atoms with Crippen LogP contribution in [-0.4, -0.2) is 150 Å². The summed E-state index contributed by atoms with van der Waals surface area (Å²) >= 11 is 0. The third kappa shape index (κ3) is 14.3. The SMILES string of the molecule is Cc1nc(-c2ccc(OC(C)C)cc2)nc(C)c1C(=O)N[C@@H](CNS(N)(=O)=O)C(=O)N(C)[C@@H]1C(=O)N[C@@H](C)C(=O)NC(C(=O)O)Cc2ccc(OC[C@H](O)CN)c(c2)-c2cc1cc(OC[C@H](O)CN)c2O. The predicted octanol–water partition coefficient (Wildman–Crippen LogP) is -0.962. The van der Waals surface area contributed by atoms with Crippen LogP contribution in [0.2, 0.25) is 0 Å². The summed E-state index contributed by atoms with van der Waals surface area (Å²) in [6.45, 7) is 5.95. The van der Waals surface area contributed by atoms with E-state index in [1.165, 1.54) is 51.1 Å². The number of aliphatic hydroxyl groups excluding tert-OH is 2. The normalized spacial score (nSPS) is 17.4. The molecule has 1 aromatic heterocycles. The zero-order valence-electron chi connectivity index (χ0n) is 39.8. The van der Waals surface area contributed by atoms with Crippen molar-refractivity contribution in [3.63, 3.8) is 0 Å². The number of hydrogen-bond donors (Lipinski definition) is 11. The zero-order valence-corrected chi connectivity index (χ0v) is 40.7. The van der Waals surface area contributed by atoms with Crippen LogP contribution in [0.1, 0.15) is 59.7 Å². The number of aromatic hydroxyl groups is 1. The Kier molecular flexibility index (Phi) is 18.4. The van der Waals surface area contributed by atoms with E-state index in [4.69, 9.17) is 30.8 Å². The molecular weight excluding hydrogens is 949 g/mol. The van der Waals surface area contributed by atoms with Gasteiger partial charge < -0.3 is 67.0 Å². The smallest absolute Gasteiger partial charge is 0.326 e. The number of aliphatic carboxylic acids is 1. The first kappa shape index (κ1) is 54.9. The number of aromatic nitrogens is 2. The van der Waals surface area contributed by atoms with Crippen molar-refractivity contribution in [1.82, 2.24) is 35.5 Å². The van der Waals surface area contributed by atoms with Gasteiger partial charge in [-0.1, -0.05) is 6.07 Å². The fraction of sp³-hybridized carbons (Fsp3) is 0.413. The van der Waals surface area contributed by atoms with E-state index in [0.29, 0.717) is 16.9 Å². The van der Waals surface area contributed by atoms with Gasteiger partial charge in [0.05, 0.1) is 23.1 Å². The highest BCUT2D eigenvalue weighted by molar-refractivity contribution is 7.87. The number of nitrogens with two attached hydrogens (primary N) is 3. The number of carboxylic acid groups (broad SMARTS) is 1. The number of fused-ring (bicyclic) bond motifs is 5. The first-order valence-corrected chi connectivity index (χ1v) is 23.8. The number of likely N-dealkylation sites (N-methyl/N-ethyl adjacent to an activating group) is 1. The number of ether oxygens (including phenoxy) is 3. The first-order chi connectivity index (χ1) is 33.4. The largest absolute Gasteiger partial charge is 0.504 e. The second-order valence-electron chi connectivity index (χ2n) is 17.0. The Morgan fingerprint density at radius 1 is 0.887 bits per heavy atom. The first-order valence-electron chi connectivity index (χ1n) is 22.2. The topological polar surface area (TPSA) is 383 Å². The molecule has 0 aliphatic carbocycles. The van der Waals surface area contributed by atoms with Gasteiger partial charge in [-0.05, 0) is 94.3 Å². The summed E-state index contributed by atoms with van der Waals surface area (Å²) in [6, 6.07) is 7.08. The Hall–Kier alpha value is -7.00. The van der Waals surface area contributed by atoms with Gasteiger partial charge in [-0.15, -0.1) is 0 Å². The van der Waals surface area contributed by atoms with Crippen LogP contribution in [0.15, 0.2) is 54.6 Å². The third-order valence-electron chi connectivity index (χ3n) is 11.0. The Labute approximate surface area is 409 Å². The van der Waals surface area contributed by atoms with Crippen LogP contribution in [0.5, 0.6) is 23.0 Å². The minimum Gasteiger partial charge on any atom is -0.504 e. The maximum atomic E-state index is 14.9. The quantitative estimate of drug-likeness (QED) is 0.0539. The van der Waals surface area contributed by atoms with E-state index in [9.17, 15) is 52.8 Å². The van der Waals surface area contributed by atoms with Crippen LogP contribution in [0.4, 0.5) is 0 Å². The summed E-state index contributed by atoms with van der Waals surface area (Å²) in [7, 11) is -3.39. The Morgan fingerprint density at radius 3 is 2.06 bits per heavy atom. The van der Waals surface area contributed by atoms with Gasteiger partial charge >= 0.3 is 5.97 Å². The fourth-order valence-electron chi connectivity index (χ4n) is 7.42. The summed E-state index contributed by atoms with van der Waals surface area (Å²) in [5.41, 5.74) is 12.2. The van der Waals surface area contributed by atoms with E-state index in [0.717, 1.165) is 11.9 Å². The van der Waals surface area contributed by atoms with E-state index in [1.54, 1.807) is 24.3 Å². The molecule has 4 bridgehead atoms. The zero-order chi connectivity index (χ0) is 52.5. The highest BCUT2D eigenvalue weighted by Gasteiger charge is 2.38. The van der Waals surface area contributed by atoms with Crippen LogP contribution >= 0.6 is 0 Å². The van der Waals surface area contributed by atoms with Crippen LogP contribution in [0, 0.1) is 13.8 Å². The molecule has 4 aromatic rings. The molecule has 0 saturated heterocycles. The van der Waals surface area contributed by atoms with Crippen molar-refractivity contribution in [2.45, 2.75) is 83.5 Å². The van der Waals surface area contributed by atoms with Crippen molar-refractivity contribution in [3.8, 4) is 45.5 Å². The third-order valence-corrected chi connectivity index (χ3v) is 11.6. The lowest BCUT2D eigenvalue weighted by molar-refractivity contribution is -0.143. The van der Waals surface area contributed by atoms with Crippen molar-refractivity contribution < 1.29 is 67.0 Å². The standard InChI is InChI=1S/C46H60N10O14S/c1-22(2)70-31-10-8-27(9-11-31)41-51-23(3)38(24(4)52-41)43(61)55-35(19-50-71(49,66)67)45(63)56(6)39-28-15-33(40(59)37(16-28)69-21-30(58)18-48)32-13-26(7-12-36(32)68-20-29(57)17-47)14-34(46(64)65)54-42(60)25(5)53-44(39)62/h7-13,15-16,22,25,29-30,34-35,39,50,57-59H,14,17-21,47-48H2,1-6H3,(H,53,62)(H,54,60)(H,55,61)(H,64,65)(H2,49,66,67)/t25-,29+,30+,34?,35-,39-/m0/s1. The van der Waals surface area contributed by atoms with E-state index in [-0.39, 0.29) is 83.2 Å². The average Bonchev–Trinajstić information content (AvgIpc) is 3.30. The molecule has 3 aromatic carbocycles. The fourth-order valence-corrected chi connectivity index (χ4v) is 7.82. The lowest BCUT2D eigenvalue weighted by atomic mass is 9.93. The molecular formula is C46H60N10O14S. The minimum absolute atomic E-state index is 0.0114. The molecule has 71 heavy (non-hydrogen) atoms.